The van der Waals surface area contributed by atoms with E-state index in [1.165, 1.54) is 4.90 Å². The lowest BCUT2D eigenvalue weighted by Gasteiger charge is -2.19. The van der Waals surface area contributed by atoms with Crippen molar-refractivity contribution >= 4 is 21.8 Å². The van der Waals surface area contributed by atoms with Crippen molar-refractivity contribution in [2.45, 2.75) is 54.9 Å². The Kier molecular flexibility index (Phi) is 9.31. The third-order valence-corrected chi connectivity index (χ3v) is 6.90. The van der Waals surface area contributed by atoms with Crippen LogP contribution in [0.5, 0.6) is 0 Å². The van der Waals surface area contributed by atoms with Gasteiger partial charge in [0.25, 0.3) is 0 Å². The van der Waals surface area contributed by atoms with Crippen LogP contribution in [-0.4, -0.2) is 26.9 Å². The largest absolute Gasteiger partial charge is 0.251 e. The molecule has 0 aromatic heterocycles. The molecule has 0 aliphatic heterocycles. The second-order valence-electron chi connectivity index (χ2n) is 6.62. The van der Waals surface area contributed by atoms with Crippen LogP contribution in [0.2, 0.25) is 0 Å². The molecule has 1 N–H and O–H groups in total. The maximum atomic E-state index is 12.7. The van der Waals surface area contributed by atoms with Gasteiger partial charge in [0.2, 0.25) is 10.0 Å². The first-order valence-electron chi connectivity index (χ1n) is 9.34. The summed E-state index contributed by atoms with van der Waals surface area (Å²) in [5, 5.41) is 0. The molecule has 27 heavy (non-hydrogen) atoms. The van der Waals surface area contributed by atoms with Gasteiger partial charge in [-0.2, -0.15) is 0 Å². The molecule has 0 spiro atoms. The van der Waals surface area contributed by atoms with E-state index in [4.69, 9.17) is 0 Å². The van der Waals surface area contributed by atoms with Gasteiger partial charge in [0.1, 0.15) is 0 Å². The zero-order valence-electron chi connectivity index (χ0n) is 15.7. The van der Waals surface area contributed by atoms with Crippen molar-refractivity contribution in [1.29, 1.82) is 0 Å². The Morgan fingerprint density at radius 2 is 1.67 bits per heavy atom. The summed E-state index contributed by atoms with van der Waals surface area (Å²) >= 11 is 1.72. The molecule has 6 heteroatoms. The van der Waals surface area contributed by atoms with Crippen LogP contribution in [0.15, 0.2) is 64.4 Å². The number of halogens is 1. The minimum Gasteiger partial charge on any atom is -0.251 e. The number of hydrogen-bond acceptors (Lipinski definition) is 3. The van der Waals surface area contributed by atoms with Crippen molar-refractivity contribution in [3.05, 3.63) is 60.2 Å². The summed E-state index contributed by atoms with van der Waals surface area (Å²) in [6.45, 7) is 1.61. The van der Waals surface area contributed by atoms with Gasteiger partial charge in [-0.05, 0) is 56.2 Å². The minimum absolute atomic E-state index is 0.146. The fraction of sp³-hybridized carbons (Fsp3) is 0.429. The molecule has 1 atom stereocenters. The monoisotopic (exact) mass is 409 g/mol. The van der Waals surface area contributed by atoms with E-state index in [9.17, 15) is 12.8 Å². The number of hydrogen-bond donors (Lipinski definition) is 1. The molecule has 2 rings (SSSR count). The third-order valence-electron chi connectivity index (χ3n) is 4.32. The lowest BCUT2D eigenvalue weighted by atomic mass is 10.1. The van der Waals surface area contributed by atoms with Gasteiger partial charge in [-0.3, -0.25) is 4.39 Å². The molecule has 2 aromatic carbocycles. The molecule has 0 aliphatic rings. The number of alkyl halides is 1. The first-order valence-corrected chi connectivity index (χ1v) is 11.8. The Hall–Kier alpha value is -1.37. The number of benzene rings is 2. The zero-order valence-corrected chi connectivity index (χ0v) is 17.4. The fourth-order valence-electron chi connectivity index (χ4n) is 2.76. The molecular formula is C21H28FNO2S2. The van der Waals surface area contributed by atoms with E-state index in [1.807, 2.05) is 25.1 Å². The lowest BCUT2D eigenvalue weighted by Crippen LogP contribution is -2.35. The maximum absolute atomic E-state index is 12.7. The topological polar surface area (TPSA) is 46.2 Å². The van der Waals surface area contributed by atoms with Crippen molar-refractivity contribution in [1.82, 2.24) is 4.72 Å². The van der Waals surface area contributed by atoms with Crippen LogP contribution >= 0.6 is 11.8 Å². The smallest absolute Gasteiger partial charge is 0.240 e. The molecule has 0 saturated heterocycles. The zero-order chi connectivity index (χ0) is 19.5. The molecule has 0 amide bonds. The molecule has 0 saturated carbocycles. The third kappa shape index (κ3) is 8.03. The van der Waals surface area contributed by atoms with Crippen molar-refractivity contribution < 1.29 is 12.8 Å². The standard InChI is InChI=1S/C21H28FNO2S2/c1-18-11-13-21(14-12-18)27(24,25)23-19(8-4-3-7-16-22)15-17-26-20-9-5-2-6-10-20/h2,5-6,9-14,19,23H,3-4,7-8,15-17H2,1H3/t19-/m1/s1. The van der Waals surface area contributed by atoms with E-state index < -0.39 is 10.0 Å². The molecule has 0 aliphatic carbocycles. The van der Waals surface area contributed by atoms with Gasteiger partial charge in [0.05, 0.1) is 11.6 Å². The van der Waals surface area contributed by atoms with Crippen molar-refractivity contribution in [3.63, 3.8) is 0 Å². The molecule has 148 valence electrons. The van der Waals surface area contributed by atoms with E-state index in [2.05, 4.69) is 16.9 Å². The Balaban J connectivity index is 1.96. The van der Waals surface area contributed by atoms with Crippen LogP contribution in [0.1, 0.15) is 37.7 Å². The van der Waals surface area contributed by atoms with Crippen LogP contribution in [0.4, 0.5) is 4.39 Å². The highest BCUT2D eigenvalue weighted by molar-refractivity contribution is 7.99. The molecule has 0 bridgehead atoms. The summed E-state index contributed by atoms with van der Waals surface area (Å²) < 4.78 is 40.6. The predicted molar refractivity (Wildman–Crippen MR) is 112 cm³/mol. The quantitative estimate of drug-likeness (QED) is 0.379. The predicted octanol–water partition coefficient (Wildman–Crippen LogP) is 5.35. The Morgan fingerprint density at radius 3 is 2.33 bits per heavy atom. The van der Waals surface area contributed by atoms with Gasteiger partial charge in [0.15, 0.2) is 0 Å². The summed E-state index contributed by atoms with van der Waals surface area (Å²) in [6, 6.07) is 16.8. The number of rotatable bonds is 12. The van der Waals surface area contributed by atoms with E-state index in [0.717, 1.165) is 37.0 Å². The number of aryl methyl sites for hydroxylation is 1. The van der Waals surface area contributed by atoms with E-state index in [-0.39, 0.29) is 17.6 Å². The molecule has 0 fully saturated rings. The van der Waals surface area contributed by atoms with Gasteiger partial charge in [-0.15, -0.1) is 11.8 Å². The van der Waals surface area contributed by atoms with E-state index >= 15 is 0 Å². The van der Waals surface area contributed by atoms with Crippen molar-refractivity contribution in [3.8, 4) is 0 Å². The average molecular weight is 410 g/mol. The van der Waals surface area contributed by atoms with Crippen LogP contribution in [-0.2, 0) is 10.0 Å². The van der Waals surface area contributed by atoms with Crippen LogP contribution in [0, 0.1) is 6.92 Å². The highest BCUT2D eigenvalue weighted by Crippen LogP contribution is 2.21. The van der Waals surface area contributed by atoms with Gasteiger partial charge in [-0.25, -0.2) is 13.1 Å². The van der Waals surface area contributed by atoms with E-state index in [1.54, 1.807) is 36.0 Å². The first-order chi connectivity index (χ1) is 13.0. The molecule has 0 unspecified atom stereocenters. The van der Waals surface area contributed by atoms with Crippen LogP contribution in [0.3, 0.4) is 0 Å². The summed E-state index contributed by atoms with van der Waals surface area (Å²) in [6.07, 6.45) is 3.60. The van der Waals surface area contributed by atoms with Gasteiger partial charge in [0, 0.05) is 10.9 Å². The Bertz CT molecular complexity index is 765. The highest BCUT2D eigenvalue weighted by Gasteiger charge is 2.19. The lowest BCUT2D eigenvalue weighted by molar-refractivity contribution is 0.437. The van der Waals surface area contributed by atoms with Crippen molar-refractivity contribution in [2.75, 3.05) is 12.4 Å². The second kappa shape index (κ2) is 11.5. The normalized spacial score (nSPS) is 12.8. The molecule has 3 nitrogen and oxygen atoms in total. The van der Waals surface area contributed by atoms with E-state index in [0.29, 0.717) is 6.42 Å². The first kappa shape index (κ1) is 21.9. The SMILES string of the molecule is Cc1ccc(S(=O)(=O)N[C@H](CCCCCF)CCSc2ccccc2)cc1. The number of nitrogens with one attached hydrogen (secondary N) is 1. The molecule has 0 radical (unpaired) electrons. The summed E-state index contributed by atoms with van der Waals surface area (Å²) in [5.74, 6) is 0.828. The molecule has 2 aromatic rings. The summed E-state index contributed by atoms with van der Waals surface area (Å²) in [4.78, 5) is 1.47. The van der Waals surface area contributed by atoms with Gasteiger partial charge < -0.3 is 0 Å². The number of unbranched alkanes of at least 4 members (excludes halogenated alkanes) is 2. The van der Waals surface area contributed by atoms with Crippen LogP contribution < -0.4 is 4.72 Å². The summed E-state index contributed by atoms with van der Waals surface area (Å²) in [5.41, 5.74) is 1.02. The number of sulfonamides is 1. The van der Waals surface area contributed by atoms with Gasteiger partial charge >= 0.3 is 0 Å². The molecule has 0 heterocycles. The summed E-state index contributed by atoms with van der Waals surface area (Å²) in [7, 11) is -3.55. The highest BCUT2D eigenvalue weighted by atomic mass is 32.2. The minimum atomic E-state index is -3.55. The molecular weight excluding hydrogens is 381 g/mol. The maximum Gasteiger partial charge on any atom is 0.240 e. The number of thioether (sulfide) groups is 1. The van der Waals surface area contributed by atoms with Crippen molar-refractivity contribution in [2.24, 2.45) is 0 Å². The Labute approximate surface area is 166 Å². The fourth-order valence-corrected chi connectivity index (χ4v) is 5.06. The van der Waals surface area contributed by atoms with Gasteiger partial charge in [-0.1, -0.05) is 48.7 Å². The van der Waals surface area contributed by atoms with Crippen LogP contribution in [0.25, 0.3) is 0 Å². The average Bonchev–Trinajstić information content (AvgIpc) is 2.66. The second-order valence-corrected chi connectivity index (χ2v) is 9.50. The Morgan fingerprint density at radius 1 is 0.963 bits per heavy atom.